The number of carbonyl (C=O) groups excluding carboxylic acids is 2. The van der Waals surface area contributed by atoms with Crippen molar-refractivity contribution in [2.45, 2.75) is 64.9 Å². The van der Waals surface area contributed by atoms with Crippen LogP contribution in [0.2, 0.25) is 0 Å². The number of benzene rings is 1. The van der Waals surface area contributed by atoms with Gasteiger partial charge in [0, 0.05) is 10.6 Å². The number of rotatable bonds is 6. The number of esters is 1. The van der Waals surface area contributed by atoms with Crippen LogP contribution in [0.4, 0.5) is 5.69 Å². The molecule has 1 amide bonds. The molecule has 1 aromatic carbocycles. The van der Waals surface area contributed by atoms with Gasteiger partial charge in [-0.1, -0.05) is 32.0 Å². The van der Waals surface area contributed by atoms with Crippen LogP contribution in [0, 0.1) is 0 Å². The molecule has 0 spiro atoms. The first-order valence-corrected chi connectivity index (χ1v) is 10.5. The molecule has 3 rings (SSSR count). The van der Waals surface area contributed by atoms with Crippen molar-refractivity contribution in [1.29, 1.82) is 0 Å². The minimum absolute atomic E-state index is 0.305. The van der Waals surface area contributed by atoms with Crippen LogP contribution in [-0.2, 0) is 22.4 Å². The van der Waals surface area contributed by atoms with E-state index in [-0.39, 0.29) is 5.91 Å². The molecule has 0 saturated carbocycles. The van der Waals surface area contributed by atoms with Gasteiger partial charge in [-0.2, -0.15) is 0 Å². The molecule has 5 heteroatoms. The number of nitrogens with one attached hydrogen (secondary N) is 1. The summed E-state index contributed by atoms with van der Waals surface area (Å²) in [4.78, 5) is 26.9. The van der Waals surface area contributed by atoms with E-state index in [1.165, 1.54) is 34.6 Å². The van der Waals surface area contributed by atoms with Gasteiger partial charge in [0.15, 0.2) is 6.10 Å². The zero-order valence-electron chi connectivity index (χ0n) is 16.2. The SMILES string of the molecule is CC[C@H](C)c1ccccc1NC(=O)[C@H](C)OC(=O)c1cc2c(s1)CCCC2. The third kappa shape index (κ3) is 4.59. The predicted molar refractivity (Wildman–Crippen MR) is 110 cm³/mol. The summed E-state index contributed by atoms with van der Waals surface area (Å²) in [6.07, 6.45) is 4.56. The molecule has 4 nitrogen and oxygen atoms in total. The van der Waals surface area contributed by atoms with Gasteiger partial charge in [0.2, 0.25) is 0 Å². The molecule has 2 atom stereocenters. The topological polar surface area (TPSA) is 55.4 Å². The molecule has 0 aliphatic heterocycles. The molecular formula is C22H27NO3S. The molecule has 1 aromatic heterocycles. The molecule has 1 aliphatic carbocycles. The lowest BCUT2D eigenvalue weighted by Crippen LogP contribution is -2.30. The van der Waals surface area contributed by atoms with Gasteiger partial charge in [-0.3, -0.25) is 4.79 Å². The number of ether oxygens (including phenoxy) is 1. The molecule has 144 valence electrons. The molecular weight excluding hydrogens is 358 g/mol. The summed E-state index contributed by atoms with van der Waals surface area (Å²) in [5, 5.41) is 2.92. The summed E-state index contributed by atoms with van der Waals surface area (Å²) < 4.78 is 5.43. The minimum atomic E-state index is -0.846. The number of anilines is 1. The first-order valence-electron chi connectivity index (χ1n) is 9.72. The summed E-state index contributed by atoms with van der Waals surface area (Å²) in [6.45, 7) is 5.87. The highest BCUT2D eigenvalue weighted by molar-refractivity contribution is 7.14. The van der Waals surface area contributed by atoms with Crippen molar-refractivity contribution in [3.05, 3.63) is 51.2 Å². The van der Waals surface area contributed by atoms with Crippen molar-refractivity contribution in [3.8, 4) is 0 Å². The second-order valence-corrected chi connectivity index (χ2v) is 8.34. The summed E-state index contributed by atoms with van der Waals surface area (Å²) in [5.41, 5.74) is 3.14. The Labute approximate surface area is 164 Å². The van der Waals surface area contributed by atoms with Crippen molar-refractivity contribution in [2.75, 3.05) is 5.32 Å². The molecule has 1 N–H and O–H groups in total. The highest BCUT2D eigenvalue weighted by Crippen LogP contribution is 2.30. The molecule has 1 aliphatic rings. The van der Waals surface area contributed by atoms with Gasteiger partial charge in [0.25, 0.3) is 5.91 Å². The van der Waals surface area contributed by atoms with Gasteiger partial charge in [0.1, 0.15) is 4.88 Å². The average molecular weight is 386 g/mol. The first kappa shape index (κ1) is 19.6. The lowest BCUT2D eigenvalue weighted by Gasteiger charge is -2.18. The maximum atomic E-state index is 12.6. The Balaban J connectivity index is 1.64. The largest absolute Gasteiger partial charge is 0.448 e. The monoisotopic (exact) mass is 385 g/mol. The van der Waals surface area contributed by atoms with Gasteiger partial charge >= 0.3 is 5.97 Å². The Morgan fingerprint density at radius 1 is 1.19 bits per heavy atom. The van der Waals surface area contributed by atoms with Crippen LogP contribution in [-0.4, -0.2) is 18.0 Å². The molecule has 0 saturated heterocycles. The molecule has 27 heavy (non-hydrogen) atoms. The maximum Gasteiger partial charge on any atom is 0.349 e. The van der Waals surface area contributed by atoms with Crippen molar-refractivity contribution in [2.24, 2.45) is 0 Å². The van der Waals surface area contributed by atoms with E-state index in [4.69, 9.17) is 4.74 Å². The van der Waals surface area contributed by atoms with Gasteiger partial charge in [0.05, 0.1) is 0 Å². The third-order valence-corrected chi connectivity index (χ3v) is 6.43. The molecule has 0 bridgehead atoms. The van der Waals surface area contributed by atoms with E-state index < -0.39 is 12.1 Å². The number of aryl methyl sites for hydroxylation is 2. The van der Waals surface area contributed by atoms with Crippen molar-refractivity contribution in [1.82, 2.24) is 0 Å². The fraction of sp³-hybridized carbons (Fsp3) is 0.455. The highest BCUT2D eigenvalue weighted by Gasteiger charge is 2.23. The van der Waals surface area contributed by atoms with Crippen LogP contribution in [0.1, 0.15) is 71.6 Å². The van der Waals surface area contributed by atoms with Crippen molar-refractivity contribution >= 4 is 28.9 Å². The Morgan fingerprint density at radius 2 is 1.93 bits per heavy atom. The number of thiophene rings is 1. The molecule has 1 heterocycles. The highest BCUT2D eigenvalue weighted by atomic mass is 32.1. The second kappa shape index (κ2) is 8.70. The van der Waals surface area contributed by atoms with Gasteiger partial charge in [-0.05, 0) is 68.2 Å². The summed E-state index contributed by atoms with van der Waals surface area (Å²) in [5.74, 6) is -0.371. The number of para-hydroxylation sites is 1. The van der Waals surface area contributed by atoms with Gasteiger partial charge in [-0.25, -0.2) is 4.79 Å². The maximum absolute atomic E-state index is 12.6. The van der Waals surface area contributed by atoms with E-state index in [0.29, 0.717) is 10.8 Å². The van der Waals surface area contributed by atoms with Crippen molar-refractivity contribution in [3.63, 3.8) is 0 Å². The lowest BCUT2D eigenvalue weighted by molar-refractivity contribution is -0.123. The quantitative estimate of drug-likeness (QED) is 0.684. The van der Waals surface area contributed by atoms with Crippen LogP contribution in [0.5, 0.6) is 0 Å². The first-order chi connectivity index (χ1) is 13.0. The van der Waals surface area contributed by atoms with E-state index in [9.17, 15) is 9.59 Å². The number of amides is 1. The fourth-order valence-electron chi connectivity index (χ4n) is 3.36. The van der Waals surface area contributed by atoms with Crippen LogP contribution < -0.4 is 5.32 Å². The fourth-order valence-corrected chi connectivity index (χ4v) is 4.49. The molecule has 0 fully saturated rings. The normalized spacial score (nSPS) is 15.5. The molecule has 2 aromatic rings. The Hall–Kier alpha value is -2.14. The average Bonchev–Trinajstić information content (AvgIpc) is 3.12. The van der Waals surface area contributed by atoms with Gasteiger partial charge in [-0.15, -0.1) is 11.3 Å². The number of hydrogen-bond acceptors (Lipinski definition) is 4. The summed E-state index contributed by atoms with van der Waals surface area (Å²) >= 11 is 1.50. The number of hydrogen-bond donors (Lipinski definition) is 1. The Kier molecular flexibility index (Phi) is 6.32. The number of carbonyl (C=O) groups is 2. The lowest BCUT2D eigenvalue weighted by atomic mass is 9.97. The minimum Gasteiger partial charge on any atom is -0.448 e. The van der Waals surface area contributed by atoms with E-state index >= 15 is 0 Å². The van der Waals surface area contributed by atoms with E-state index in [1.807, 2.05) is 30.3 Å². The van der Waals surface area contributed by atoms with E-state index in [2.05, 4.69) is 19.2 Å². The summed E-state index contributed by atoms with van der Waals surface area (Å²) in [6, 6.07) is 9.72. The van der Waals surface area contributed by atoms with E-state index in [1.54, 1.807) is 6.92 Å². The van der Waals surface area contributed by atoms with Crippen LogP contribution >= 0.6 is 11.3 Å². The Morgan fingerprint density at radius 3 is 2.67 bits per heavy atom. The van der Waals surface area contributed by atoms with Crippen molar-refractivity contribution < 1.29 is 14.3 Å². The zero-order chi connectivity index (χ0) is 19.4. The molecule has 0 radical (unpaired) electrons. The smallest absolute Gasteiger partial charge is 0.349 e. The second-order valence-electron chi connectivity index (χ2n) is 7.20. The predicted octanol–water partition coefficient (Wildman–Crippen LogP) is 5.32. The zero-order valence-corrected chi connectivity index (χ0v) is 17.0. The Bertz CT molecular complexity index is 803. The molecule has 0 unspecified atom stereocenters. The summed E-state index contributed by atoms with van der Waals surface area (Å²) in [7, 11) is 0. The standard InChI is InChI=1S/C22H27NO3S/c1-4-14(2)17-10-6-7-11-18(17)23-21(24)15(3)26-22(25)20-13-16-9-5-8-12-19(16)27-20/h6-7,10-11,13-15H,4-5,8-9,12H2,1-3H3,(H,23,24)/t14-,15-/m0/s1. The van der Waals surface area contributed by atoms with Crippen LogP contribution in [0.25, 0.3) is 0 Å². The van der Waals surface area contributed by atoms with E-state index in [0.717, 1.165) is 30.5 Å². The third-order valence-electron chi connectivity index (χ3n) is 5.21. The van der Waals surface area contributed by atoms with Crippen LogP contribution in [0.3, 0.4) is 0 Å². The van der Waals surface area contributed by atoms with Crippen LogP contribution in [0.15, 0.2) is 30.3 Å². The number of fused-ring (bicyclic) bond motifs is 1. The van der Waals surface area contributed by atoms with Gasteiger partial charge < -0.3 is 10.1 Å².